The molecule has 1 amide bonds. The average molecular weight is 238 g/mol. The van der Waals surface area contributed by atoms with Gasteiger partial charge in [0.15, 0.2) is 5.69 Å². The summed E-state index contributed by atoms with van der Waals surface area (Å²) >= 11 is 0. The van der Waals surface area contributed by atoms with Crippen LogP contribution in [0, 0.1) is 0 Å². The molecular weight excluding hydrogens is 224 g/mol. The number of aliphatic carboxylic acids is 1. The third kappa shape index (κ3) is 3.40. The van der Waals surface area contributed by atoms with Crippen LogP contribution in [0.15, 0.2) is 12.1 Å². The highest BCUT2D eigenvalue weighted by Gasteiger charge is 2.15. The van der Waals surface area contributed by atoms with Gasteiger partial charge in [0.2, 0.25) is 0 Å². The van der Waals surface area contributed by atoms with E-state index in [1.807, 2.05) is 0 Å². The minimum atomic E-state index is -0.954. The fraction of sp³-hybridized carbons (Fsp3) is 0.400. The first-order valence-electron chi connectivity index (χ1n) is 5.13. The quantitative estimate of drug-likeness (QED) is 0.672. The summed E-state index contributed by atoms with van der Waals surface area (Å²) in [4.78, 5) is 22.0. The van der Waals surface area contributed by atoms with Gasteiger partial charge in [-0.05, 0) is 18.6 Å². The number of carboxylic acid groups (broad SMARTS) is 1. The monoisotopic (exact) mass is 238 g/mol. The molecule has 7 heteroatoms. The standard InChI is InChI=1S/C10H14N4O3/c1-3-6(10(16)17)12-8-5-4-7(13-14-8)9(15)11-2/h4-6H,3H2,1-2H3,(H,11,15)(H,12,14)(H,16,17). The molecule has 0 aromatic carbocycles. The first-order chi connectivity index (χ1) is 8.08. The van der Waals surface area contributed by atoms with E-state index in [-0.39, 0.29) is 11.6 Å². The smallest absolute Gasteiger partial charge is 0.326 e. The highest BCUT2D eigenvalue weighted by atomic mass is 16.4. The van der Waals surface area contributed by atoms with Crippen LogP contribution in [-0.4, -0.2) is 40.3 Å². The van der Waals surface area contributed by atoms with Crippen molar-refractivity contribution in [3.63, 3.8) is 0 Å². The molecule has 0 bridgehead atoms. The van der Waals surface area contributed by atoms with E-state index in [9.17, 15) is 9.59 Å². The molecule has 0 fully saturated rings. The summed E-state index contributed by atoms with van der Waals surface area (Å²) < 4.78 is 0. The number of carbonyl (C=O) groups is 2. The zero-order valence-corrected chi connectivity index (χ0v) is 9.60. The lowest BCUT2D eigenvalue weighted by atomic mass is 10.2. The Bertz CT molecular complexity index is 405. The molecule has 17 heavy (non-hydrogen) atoms. The highest BCUT2D eigenvalue weighted by molar-refractivity contribution is 5.91. The van der Waals surface area contributed by atoms with Gasteiger partial charge < -0.3 is 15.7 Å². The minimum absolute atomic E-state index is 0.182. The maximum absolute atomic E-state index is 11.2. The van der Waals surface area contributed by atoms with Crippen molar-refractivity contribution in [1.82, 2.24) is 15.5 Å². The number of amides is 1. The second kappa shape index (κ2) is 5.78. The number of hydrogen-bond donors (Lipinski definition) is 3. The summed E-state index contributed by atoms with van der Waals surface area (Å²) in [7, 11) is 1.49. The van der Waals surface area contributed by atoms with E-state index in [0.29, 0.717) is 12.2 Å². The lowest BCUT2D eigenvalue weighted by molar-refractivity contribution is -0.137. The minimum Gasteiger partial charge on any atom is -0.480 e. The molecule has 0 aliphatic rings. The fourth-order valence-electron chi connectivity index (χ4n) is 1.18. The topological polar surface area (TPSA) is 104 Å². The molecule has 1 atom stereocenters. The summed E-state index contributed by atoms with van der Waals surface area (Å²) in [5.74, 6) is -0.967. The largest absolute Gasteiger partial charge is 0.480 e. The van der Waals surface area contributed by atoms with Crippen molar-refractivity contribution >= 4 is 17.7 Å². The van der Waals surface area contributed by atoms with Crippen molar-refractivity contribution in [3.05, 3.63) is 17.8 Å². The number of anilines is 1. The Morgan fingerprint density at radius 3 is 2.53 bits per heavy atom. The molecule has 0 radical (unpaired) electrons. The normalized spacial score (nSPS) is 11.6. The summed E-state index contributed by atoms with van der Waals surface area (Å²) in [5, 5.41) is 21.4. The van der Waals surface area contributed by atoms with Crippen molar-refractivity contribution in [2.45, 2.75) is 19.4 Å². The molecule has 3 N–H and O–H groups in total. The molecule has 7 nitrogen and oxygen atoms in total. The Morgan fingerprint density at radius 1 is 1.41 bits per heavy atom. The molecular formula is C10H14N4O3. The zero-order chi connectivity index (χ0) is 12.8. The van der Waals surface area contributed by atoms with Crippen LogP contribution in [0.25, 0.3) is 0 Å². The van der Waals surface area contributed by atoms with E-state index >= 15 is 0 Å². The SMILES string of the molecule is CCC(Nc1ccc(C(=O)NC)nn1)C(=O)O. The number of hydrogen-bond acceptors (Lipinski definition) is 5. The summed E-state index contributed by atoms with van der Waals surface area (Å²) in [5.41, 5.74) is 0.182. The molecule has 0 spiro atoms. The lowest BCUT2D eigenvalue weighted by Gasteiger charge is -2.12. The average Bonchev–Trinajstić information content (AvgIpc) is 2.35. The van der Waals surface area contributed by atoms with E-state index < -0.39 is 12.0 Å². The molecule has 1 heterocycles. The van der Waals surface area contributed by atoms with Crippen molar-refractivity contribution in [2.75, 3.05) is 12.4 Å². The lowest BCUT2D eigenvalue weighted by Crippen LogP contribution is -2.29. The third-order valence-corrected chi connectivity index (χ3v) is 2.15. The first-order valence-corrected chi connectivity index (χ1v) is 5.13. The van der Waals surface area contributed by atoms with Gasteiger partial charge in [0.25, 0.3) is 5.91 Å². The van der Waals surface area contributed by atoms with Gasteiger partial charge in [-0.15, -0.1) is 10.2 Å². The van der Waals surface area contributed by atoms with Crippen LogP contribution < -0.4 is 10.6 Å². The van der Waals surface area contributed by atoms with Gasteiger partial charge >= 0.3 is 5.97 Å². The summed E-state index contributed by atoms with van der Waals surface area (Å²) in [6.45, 7) is 1.75. The Labute approximate surface area is 98.2 Å². The van der Waals surface area contributed by atoms with Crippen LogP contribution in [0.1, 0.15) is 23.8 Å². The maximum atomic E-state index is 11.2. The summed E-state index contributed by atoms with van der Waals surface area (Å²) in [6.07, 6.45) is 0.425. The van der Waals surface area contributed by atoms with Gasteiger partial charge in [0.05, 0.1) is 0 Å². The molecule has 1 aromatic heterocycles. The molecule has 0 saturated heterocycles. The molecule has 1 aromatic rings. The van der Waals surface area contributed by atoms with Gasteiger partial charge in [-0.25, -0.2) is 4.79 Å². The van der Waals surface area contributed by atoms with Crippen LogP contribution in [-0.2, 0) is 4.79 Å². The van der Waals surface area contributed by atoms with E-state index in [4.69, 9.17) is 5.11 Å². The molecule has 1 rings (SSSR count). The molecule has 0 aliphatic carbocycles. The van der Waals surface area contributed by atoms with E-state index in [1.54, 1.807) is 6.92 Å². The number of carboxylic acids is 1. The van der Waals surface area contributed by atoms with Crippen molar-refractivity contribution in [1.29, 1.82) is 0 Å². The predicted molar refractivity (Wildman–Crippen MR) is 60.8 cm³/mol. The number of carbonyl (C=O) groups excluding carboxylic acids is 1. The zero-order valence-electron chi connectivity index (χ0n) is 9.60. The Hall–Kier alpha value is -2.18. The van der Waals surface area contributed by atoms with E-state index in [1.165, 1.54) is 19.2 Å². The Balaban J connectivity index is 2.74. The maximum Gasteiger partial charge on any atom is 0.326 e. The third-order valence-electron chi connectivity index (χ3n) is 2.15. The van der Waals surface area contributed by atoms with Gasteiger partial charge in [0.1, 0.15) is 11.9 Å². The van der Waals surface area contributed by atoms with Gasteiger partial charge in [-0.1, -0.05) is 6.92 Å². The molecule has 0 saturated carbocycles. The van der Waals surface area contributed by atoms with Gasteiger partial charge in [-0.2, -0.15) is 0 Å². The number of nitrogens with zero attached hydrogens (tertiary/aromatic N) is 2. The fourth-order valence-corrected chi connectivity index (χ4v) is 1.18. The number of aromatic nitrogens is 2. The molecule has 92 valence electrons. The van der Waals surface area contributed by atoms with Crippen molar-refractivity contribution in [3.8, 4) is 0 Å². The Kier molecular flexibility index (Phi) is 4.38. The van der Waals surface area contributed by atoms with Gasteiger partial charge in [0, 0.05) is 7.05 Å². The molecule has 1 unspecified atom stereocenters. The van der Waals surface area contributed by atoms with E-state index in [0.717, 1.165) is 0 Å². The summed E-state index contributed by atoms with van der Waals surface area (Å²) in [6, 6.07) is 2.28. The predicted octanol–water partition coefficient (Wildman–Crippen LogP) is 0.111. The number of nitrogens with one attached hydrogen (secondary N) is 2. The number of rotatable bonds is 5. The van der Waals surface area contributed by atoms with Crippen LogP contribution in [0.3, 0.4) is 0 Å². The van der Waals surface area contributed by atoms with Crippen molar-refractivity contribution in [2.24, 2.45) is 0 Å². The molecule has 0 aliphatic heterocycles. The van der Waals surface area contributed by atoms with E-state index in [2.05, 4.69) is 20.8 Å². The highest BCUT2D eigenvalue weighted by Crippen LogP contribution is 2.06. The van der Waals surface area contributed by atoms with Crippen LogP contribution in [0.5, 0.6) is 0 Å². The van der Waals surface area contributed by atoms with Crippen molar-refractivity contribution < 1.29 is 14.7 Å². The van der Waals surface area contributed by atoms with Crippen LogP contribution in [0.4, 0.5) is 5.82 Å². The van der Waals surface area contributed by atoms with Gasteiger partial charge in [-0.3, -0.25) is 4.79 Å². The Morgan fingerprint density at radius 2 is 2.12 bits per heavy atom. The van der Waals surface area contributed by atoms with Crippen LogP contribution >= 0.6 is 0 Å². The second-order valence-electron chi connectivity index (χ2n) is 3.33. The first kappa shape index (κ1) is 12.9. The van der Waals surface area contributed by atoms with Crippen LogP contribution in [0.2, 0.25) is 0 Å². The second-order valence-corrected chi connectivity index (χ2v) is 3.33.